The highest BCUT2D eigenvalue weighted by Crippen LogP contribution is 2.37. The second-order valence-corrected chi connectivity index (χ2v) is 8.96. The molecular weight excluding hydrogens is 314 g/mol. The Balaban J connectivity index is 2.15. The van der Waals surface area contributed by atoms with E-state index in [-0.39, 0.29) is 23.6 Å². The predicted octanol–water partition coefficient (Wildman–Crippen LogP) is 4.17. The lowest BCUT2D eigenvalue weighted by Gasteiger charge is -2.44. The van der Waals surface area contributed by atoms with Crippen LogP contribution < -0.4 is 10.1 Å². The van der Waals surface area contributed by atoms with E-state index in [1.165, 1.54) is 0 Å². The van der Waals surface area contributed by atoms with E-state index in [9.17, 15) is 5.11 Å². The highest BCUT2D eigenvalue weighted by molar-refractivity contribution is 5.14. The van der Waals surface area contributed by atoms with Crippen LogP contribution in [0.15, 0.2) is 12.4 Å². The summed E-state index contributed by atoms with van der Waals surface area (Å²) in [7, 11) is 0. The first-order valence-electron chi connectivity index (χ1n) is 9.50. The van der Waals surface area contributed by atoms with Crippen LogP contribution in [0.3, 0.4) is 0 Å². The summed E-state index contributed by atoms with van der Waals surface area (Å²) in [5, 5.41) is 16.6. The van der Waals surface area contributed by atoms with Gasteiger partial charge in [-0.15, -0.1) is 0 Å². The Morgan fingerprint density at radius 3 is 2.20 bits per heavy atom. The van der Waals surface area contributed by atoms with Crippen LogP contribution in [0, 0.1) is 17.3 Å². The third-order valence-electron chi connectivity index (χ3n) is 5.01. The number of nitrogens with zero attached hydrogens (tertiary/aromatic N) is 2. The number of ether oxygens (including phenoxy) is 1. The summed E-state index contributed by atoms with van der Waals surface area (Å²) in [6, 6.07) is -0.0270. The fourth-order valence-electron chi connectivity index (χ4n) is 3.62. The van der Waals surface area contributed by atoms with Crippen molar-refractivity contribution in [2.75, 3.05) is 0 Å². The lowest BCUT2D eigenvalue weighted by molar-refractivity contribution is -0.0614. The Morgan fingerprint density at radius 2 is 1.72 bits per heavy atom. The third kappa shape index (κ3) is 5.14. The molecule has 1 radical (unpaired) electrons. The van der Waals surface area contributed by atoms with Crippen LogP contribution in [0.25, 0.3) is 0 Å². The Hall–Kier alpha value is -1.20. The largest absolute Gasteiger partial charge is 0.488 e. The molecule has 0 bridgehead atoms. The van der Waals surface area contributed by atoms with Crippen LogP contribution >= 0.6 is 0 Å². The van der Waals surface area contributed by atoms with Gasteiger partial charge in [0.2, 0.25) is 0 Å². The molecule has 1 N–H and O–H groups in total. The quantitative estimate of drug-likeness (QED) is 0.867. The zero-order chi connectivity index (χ0) is 18.8. The van der Waals surface area contributed by atoms with Gasteiger partial charge >= 0.3 is 0 Å². The number of hydrogen-bond acceptors (Lipinski definition) is 4. The second-order valence-electron chi connectivity index (χ2n) is 8.96. The number of rotatable bonds is 5. The van der Waals surface area contributed by atoms with Crippen molar-refractivity contribution < 1.29 is 9.84 Å². The molecular formula is C20H34N3O2. The molecule has 2 heterocycles. The maximum Gasteiger partial charge on any atom is 0.156 e. The Bertz CT molecular complexity index is 535. The first kappa shape index (κ1) is 20.1. The van der Waals surface area contributed by atoms with Crippen molar-refractivity contribution in [1.82, 2.24) is 15.3 Å². The van der Waals surface area contributed by atoms with Gasteiger partial charge in [0.05, 0.1) is 24.5 Å². The van der Waals surface area contributed by atoms with E-state index < -0.39 is 6.10 Å². The molecule has 4 unspecified atom stereocenters. The van der Waals surface area contributed by atoms with Crippen LogP contribution in [0.4, 0.5) is 0 Å². The first-order chi connectivity index (χ1) is 11.6. The van der Waals surface area contributed by atoms with Gasteiger partial charge in [-0.2, -0.15) is 0 Å². The van der Waals surface area contributed by atoms with Gasteiger partial charge in [0, 0.05) is 6.04 Å². The van der Waals surface area contributed by atoms with E-state index in [0.29, 0.717) is 17.6 Å². The maximum atomic E-state index is 13.0. The SMILES string of the molecule is CC(C)Oc1cnc(C2CCC(C(C)C)C(C([O])C(C)(C)C)N2)nc1. The normalized spacial score (nSPS) is 26.1. The summed E-state index contributed by atoms with van der Waals surface area (Å²) < 4.78 is 5.61. The third-order valence-corrected chi connectivity index (χ3v) is 5.01. The summed E-state index contributed by atoms with van der Waals surface area (Å²) in [5.41, 5.74) is -0.275. The maximum absolute atomic E-state index is 13.0. The molecule has 1 aliphatic heterocycles. The number of nitrogens with one attached hydrogen (secondary N) is 1. The van der Waals surface area contributed by atoms with Crippen LogP contribution in [-0.2, 0) is 5.11 Å². The Kier molecular flexibility index (Phi) is 6.44. The van der Waals surface area contributed by atoms with Crippen molar-refractivity contribution in [1.29, 1.82) is 0 Å². The van der Waals surface area contributed by atoms with Crippen molar-refractivity contribution in [3.8, 4) is 5.75 Å². The van der Waals surface area contributed by atoms with E-state index in [0.717, 1.165) is 18.7 Å². The molecule has 2 rings (SSSR count). The second kappa shape index (κ2) is 8.00. The van der Waals surface area contributed by atoms with Gasteiger partial charge in [0.25, 0.3) is 0 Å². The zero-order valence-electron chi connectivity index (χ0n) is 16.7. The molecule has 1 fully saturated rings. The van der Waals surface area contributed by atoms with Crippen molar-refractivity contribution in [3.05, 3.63) is 18.2 Å². The fraction of sp³-hybridized carbons (Fsp3) is 0.800. The number of piperidine rings is 1. The van der Waals surface area contributed by atoms with Gasteiger partial charge in [-0.25, -0.2) is 15.1 Å². The standard InChI is InChI=1S/C20H34N3O2/c1-12(2)15-8-9-16(23-17(15)18(24)20(5,6)7)19-21-10-14(11-22-19)25-13(3)4/h10-13,15-18,23H,8-9H2,1-7H3. The van der Waals surface area contributed by atoms with Gasteiger partial charge in [0.15, 0.2) is 5.75 Å². The molecule has 0 amide bonds. The molecule has 0 saturated carbocycles. The van der Waals surface area contributed by atoms with Crippen molar-refractivity contribution in [2.24, 2.45) is 17.3 Å². The molecule has 141 valence electrons. The molecule has 1 aliphatic rings. The highest BCUT2D eigenvalue weighted by Gasteiger charge is 2.42. The number of hydrogen-bond donors (Lipinski definition) is 1. The summed E-state index contributed by atoms with van der Waals surface area (Å²) in [4.78, 5) is 8.96. The van der Waals surface area contributed by atoms with Crippen LogP contribution in [-0.4, -0.2) is 28.2 Å². The minimum atomic E-state index is -0.661. The van der Waals surface area contributed by atoms with Gasteiger partial charge in [0.1, 0.15) is 11.9 Å². The molecule has 0 spiro atoms. The smallest absolute Gasteiger partial charge is 0.156 e. The molecule has 1 aromatic rings. The van der Waals surface area contributed by atoms with Gasteiger partial charge in [-0.1, -0.05) is 34.6 Å². The zero-order valence-corrected chi connectivity index (χ0v) is 16.7. The molecule has 5 nitrogen and oxygen atoms in total. The van der Waals surface area contributed by atoms with Crippen molar-refractivity contribution in [3.63, 3.8) is 0 Å². The van der Waals surface area contributed by atoms with Crippen LogP contribution in [0.2, 0.25) is 0 Å². The van der Waals surface area contributed by atoms with E-state index in [4.69, 9.17) is 4.74 Å². The lowest BCUT2D eigenvalue weighted by atomic mass is 9.72. The monoisotopic (exact) mass is 348 g/mol. The fourth-order valence-corrected chi connectivity index (χ4v) is 3.62. The van der Waals surface area contributed by atoms with Crippen LogP contribution in [0.1, 0.15) is 73.2 Å². The Labute approximate surface area is 152 Å². The topological polar surface area (TPSA) is 66.9 Å². The summed E-state index contributed by atoms with van der Waals surface area (Å²) in [6.07, 6.45) is 4.89. The van der Waals surface area contributed by atoms with Crippen molar-refractivity contribution in [2.45, 2.75) is 85.6 Å². The van der Waals surface area contributed by atoms with E-state index in [1.807, 2.05) is 34.6 Å². The Morgan fingerprint density at radius 1 is 1.12 bits per heavy atom. The predicted molar refractivity (Wildman–Crippen MR) is 99.0 cm³/mol. The molecule has 0 aromatic carbocycles. The van der Waals surface area contributed by atoms with Gasteiger partial charge in [-0.3, -0.25) is 0 Å². The van der Waals surface area contributed by atoms with E-state index in [2.05, 4.69) is 29.1 Å². The minimum Gasteiger partial charge on any atom is -0.488 e. The lowest BCUT2D eigenvalue weighted by Crippen LogP contribution is -2.55. The van der Waals surface area contributed by atoms with Crippen molar-refractivity contribution >= 4 is 0 Å². The number of aromatic nitrogens is 2. The highest BCUT2D eigenvalue weighted by atomic mass is 16.5. The minimum absolute atomic E-state index is 0.0342. The summed E-state index contributed by atoms with van der Waals surface area (Å²) >= 11 is 0. The van der Waals surface area contributed by atoms with E-state index in [1.54, 1.807) is 12.4 Å². The van der Waals surface area contributed by atoms with E-state index >= 15 is 0 Å². The summed E-state index contributed by atoms with van der Waals surface area (Å²) in [6.45, 7) is 14.5. The molecule has 1 aromatic heterocycles. The molecule has 4 atom stereocenters. The average molecular weight is 349 g/mol. The summed E-state index contributed by atoms with van der Waals surface area (Å²) in [5.74, 6) is 2.31. The van der Waals surface area contributed by atoms with Gasteiger partial charge < -0.3 is 10.1 Å². The molecule has 1 saturated heterocycles. The first-order valence-corrected chi connectivity index (χ1v) is 9.50. The van der Waals surface area contributed by atoms with Gasteiger partial charge in [-0.05, 0) is 43.9 Å². The average Bonchev–Trinajstić information content (AvgIpc) is 2.52. The molecule has 5 heteroatoms. The van der Waals surface area contributed by atoms with Crippen LogP contribution in [0.5, 0.6) is 5.75 Å². The molecule has 25 heavy (non-hydrogen) atoms. The molecule has 0 aliphatic carbocycles.